The number of hydrogen-bond acceptors (Lipinski definition) is 4. The zero-order chi connectivity index (χ0) is 17.1. The summed E-state index contributed by atoms with van der Waals surface area (Å²) in [6.07, 6.45) is 0. The molecule has 0 aliphatic heterocycles. The third-order valence-electron chi connectivity index (χ3n) is 3.35. The zero-order valence-electron chi connectivity index (χ0n) is 12.9. The Labute approximate surface area is 132 Å². The van der Waals surface area contributed by atoms with Crippen molar-refractivity contribution in [2.24, 2.45) is 0 Å². The van der Waals surface area contributed by atoms with Crippen LogP contribution in [0.3, 0.4) is 0 Å². The van der Waals surface area contributed by atoms with Gasteiger partial charge in [0.05, 0.1) is 19.2 Å². The molecule has 0 aliphatic carbocycles. The molecule has 0 unspecified atom stereocenters. The van der Waals surface area contributed by atoms with Crippen molar-refractivity contribution in [1.82, 2.24) is 4.90 Å². The van der Waals surface area contributed by atoms with Crippen molar-refractivity contribution in [2.75, 3.05) is 14.2 Å². The van der Waals surface area contributed by atoms with E-state index >= 15 is 0 Å². The van der Waals surface area contributed by atoms with Crippen LogP contribution in [0, 0.1) is 12.7 Å². The van der Waals surface area contributed by atoms with Crippen LogP contribution in [0.5, 0.6) is 5.75 Å². The molecule has 1 amide bonds. The number of furan rings is 1. The Kier molecular flexibility index (Phi) is 4.68. The number of methoxy groups -OCH3 is 1. The summed E-state index contributed by atoms with van der Waals surface area (Å²) in [4.78, 5) is 24.6. The standard InChI is InChI=1S/C16H16FNO5/c1-9-12(16(20)21)7-10(23-9)8-18(2)15(19)11-5-4-6-13(22-3)14(11)17/h4-7H,8H2,1-3H3,(H,20,21). The fourth-order valence-corrected chi connectivity index (χ4v) is 2.18. The van der Waals surface area contributed by atoms with E-state index in [2.05, 4.69) is 0 Å². The SMILES string of the molecule is COc1cccc(C(=O)N(C)Cc2cc(C(=O)O)c(C)o2)c1F. The van der Waals surface area contributed by atoms with Gasteiger partial charge in [0.15, 0.2) is 11.6 Å². The minimum Gasteiger partial charge on any atom is -0.494 e. The quantitative estimate of drug-likeness (QED) is 0.916. The Hall–Kier alpha value is -2.83. The second kappa shape index (κ2) is 6.51. The molecule has 6 nitrogen and oxygen atoms in total. The molecule has 122 valence electrons. The van der Waals surface area contributed by atoms with Crippen molar-refractivity contribution in [3.05, 3.63) is 52.7 Å². The van der Waals surface area contributed by atoms with Crippen molar-refractivity contribution in [3.8, 4) is 5.75 Å². The first-order valence-corrected chi connectivity index (χ1v) is 6.75. The molecular formula is C16H16FNO5. The van der Waals surface area contributed by atoms with E-state index in [0.29, 0.717) is 5.76 Å². The van der Waals surface area contributed by atoms with Crippen LogP contribution in [-0.4, -0.2) is 36.0 Å². The van der Waals surface area contributed by atoms with Gasteiger partial charge in [0.25, 0.3) is 5.91 Å². The van der Waals surface area contributed by atoms with E-state index in [0.717, 1.165) is 0 Å². The summed E-state index contributed by atoms with van der Waals surface area (Å²) in [5.41, 5.74) is -0.0954. The summed E-state index contributed by atoms with van der Waals surface area (Å²) < 4.78 is 24.3. The fourth-order valence-electron chi connectivity index (χ4n) is 2.18. The highest BCUT2D eigenvalue weighted by Crippen LogP contribution is 2.22. The Balaban J connectivity index is 2.21. The molecule has 0 saturated carbocycles. The van der Waals surface area contributed by atoms with Crippen LogP contribution in [0.4, 0.5) is 4.39 Å². The number of nitrogens with zero attached hydrogens (tertiary/aromatic N) is 1. The number of carboxylic acid groups (broad SMARTS) is 1. The van der Waals surface area contributed by atoms with Gasteiger partial charge in [0.1, 0.15) is 17.1 Å². The van der Waals surface area contributed by atoms with Gasteiger partial charge in [0, 0.05) is 7.05 Å². The maximum atomic E-state index is 14.1. The molecule has 1 N–H and O–H groups in total. The molecule has 2 aromatic rings. The van der Waals surface area contributed by atoms with Gasteiger partial charge in [-0.3, -0.25) is 4.79 Å². The van der Waals surface area contributed by atoms with Crippen molar-refractivity contribution >= 4 is 11.9 Å². The van der Waals surface area contributed by atoms with Gasteiger partial charge >= 0.3 is 5.97 Å². The molecule has 0 radical (unpaired) electrons. The minimum absolute atomic E-state index is 0.0175. The third kappa shape index (κ3) is 3.33. The molecule has 0 aliphatic rings. The van der Waals surface area contributed by atoms with Crippen LogP contribution < -0.4 is 4.74 Å². The average Bonchev–Trinajstić information content (AvgIpc) is 2.87. The predicted molar refractivity (Wildman–Crippen MR) is 79.2 cm³/mol. The van der Waals surface area contributed by atoms with Gasteiger partial charge in [-0.2, -0.15) is 0 Å². The van der Waals surface area contributed by atoms with E-state index in [1.54, 1.807) is 0 Å². The molecule has 1 aromatic heterocycles. The number of carbonyl (C=O) groups is 2. The maximum Gasteiger partial charge on any atom is 0.339 e. The Morgan fingerprint density at radius 3 is 2.61 bits per heavy atom. The number of carbonyl (C=O) groups excluding carboxylic acids is 1. The van der Waals surface area contributed by atoms with Crippen LogP contribution in [0.2, 0.25) is 0 Å². The van der Waals surface area contributed by atoms with Gasteiger partial charge in [-0.25, -0.2) is 9.18 Å². The number of amides is 1. The summed E-state index contributed by atoms with van der Waals surface area (Å²) in [6, 6.07) is 5.64. The Bertz CT molecular complexity index is 753. The highest BCUT2D eigenvalue weighted by Gasteiger charge is 2.21. The van der Waals surface area contributed by atoms with E-state index < -0.39 is 17.7 Å². The summed E-state index contributed by atoms with van der Waals surface area (Å²) in [5.74, 6) is -1.88. The molecule has 0 spiro atoms. The lowest BCUT2D eigenvalue weighted by Gasteiger charge is -2.16. The number of carboxylic acids is 1. The fraction of sp³-hybridized carbons (Fsp3) is 0.250. The predicted octanol–water partition coefficient (Wildman–Crippen LogP) is 2.71. The summed E-state index contributed by atoms with van der Waals surface area (Å²) >= 11 is 0. The number of aromatic carboxylic acids is 1. The number of benzene rings is 1. The minimum atomic E-state index is -1.11. The normalized spacial score (nSPS) is 10.4. The molecule has 1 aromatic carbocycles. The van der Waals surface area contributed by atoms with Crippen LogP contribution in [0.25, 0.3) is 0 Å². The summed E-state index contributed by atoms with van der Waals surface area (Å²) in [6.45, 7) is 1.54. The topological polar surface area (TPSA) is 80.0 Å². The second-order valence-corrected chi connectivity index (χ2v) is 4.97. The van der Waals surface area contributed by atoms with Crippen molar-refractivity contribution in [3.63, 3.8) is 0 Å². The largest absolute Gasteiger partial charge is 0.494 e. The maximum absolute atomic E-state index is 14.1. The highest BCUT2D eigenvalue weighted by atomic mass is 19.1. The lowest BCUT2D eigenvalue weighted by molar-refractivity contribution is 0.0694. The van der Waals surface area contributed by atoms with Crippen LogP contribution in [0.15, 0.2) is 28.7 Å². The van der Waals surface area contributed by atoms with Gasteiger partial charge < -0.3 is 19.2 Å². The number of rotatable bonds is 5. The van der Waals surface area contributed by atoms with E-state index in [1.165, 1.54) is 50.2 Å². The van der Waals surface area contributed by atoms with Crippen molar-refractivity contribution in [2.45, 2.75) is 13.5 Å². The van der Waals surface area contributed by atoms with Gasteiger partial charge in [-0.15, -0.1) is 0 Å². The van der Waals surface area contributed by atoms with Gasteiger partial charge in [-0.05, 0) is 25.1 Å². The first-order valence-electron chi connectivity index (χ1n) is 6.75. The third-order valence-corrected chi connectivity index (χ3v) is 3.35. The van der Waals surface area contributed by atoms with Gasteiger partial charge in [0.2, 0.25) is 0 Å². The zero-order valence-corrected chi connectivity index (χ0v) is 12.9. The van der Waals surface area contributed by atoms with Gasteiger partial charge in [-0.1, -0.05) is 6.07 Å². The smallest absolute Gasteiger partial charge is 0.339 e. The van der Waals surface area contributed by atoms with E-state index in [-0.39, 0.29) is 29.2 Å². The number of ether oxygens (including phenoxy) is 1. The summed E-state index contributed by atoms with van der Waals surface area (Å²) in [5, 5.41) is 8.99. The van der Waals surface area contributed by atoms with E-state index in [1.807, 2.05) is 0 Å². The molecule has 0 saturated heterocycles. The lowest BCUT2D eigenvalue weighted by Crippen LogP contribution is -2.27. The van der Waals surface area contributed by atoms with Crippen LogP contribution >= 0.6 is 0 Å². The number of aryl methyl sites for hydroxylation is 1. The average molecular weight is 321 g/mol. The van der Waals surface area contributed by atoms with Crippen molar-refractivity contribution in [1.29, 1.82) is 0 Å². The molecule has 7 heteroatoms. The Morgan fingerprint density at radius 2 is 2.04 bits per heavy atom. The van der Waals surface area contributed by atoms with Crippen LogP contribution in [-0.2, 0) is 6.54 Å². The van der Waals surface area contributed by atoms with Crippen molar-refractivity contribution < 1.29 is 28.2 Å². The second-order valence-electron chi connectivity index (χ2n) is 4.97. The first-order chi connectivity index (χ1) is 10.8. The monoisotopic (exact) mass is 321 g/mol. The number of halogens is 1. The molecule has 0 fully saturated rings. The molecule has 0 bridgehead atoms. The highest BCUT2D eigenvalue weighted by molar-refractivity contribution is 5.94. The van der Waals surface area contributed by atoms with E-state index in [9.17, 15) is 14.0 Å². The summed E-state index contributed by atoms with van der Waals surface area (Å²) in [7, 11) is 2.79. The van der Waals surface area contributed by atoms with Crippen LogP contribution in [0.1, 0.15) is 32.2 Å². The molecule has 0 atom stereocenters. The molecule has 2 rings (SSSR count). The number of hydrogen-bond donors (Lipinski definition) is 1. The molecule has 23 heavy (non-hydrogen) atoms. The Morgan fingerprint density at radius 1 is 1.35 bits per heavy atom. The molecular weight excluding hydrogens is 305 g/mol. The first kappa shape index (κ1) is 16.5. The lowest BCUT2D eigenvalue weighted by atomic mass is 10.1. The molecule has 1 heterocycles. The van der Waals surface area contributed by atoms with E-state index in [4.69, 9.17) is 14.3 Å².